The molecule has 0 unspecified atom stereocenters. The Hall–Kier alpha value is -1.35. The molecule has 0 saturated carbocycles. The average Bonchev–Trinajstić information content (AvgIpc) is 2.39. The molecule has 0 aliphatic heterocycles. The van der Waals surface area contributed by atoms with Gasteiger partial charge in [0.2, 0.25) is 5.91 Å². The zero-order valence-corrected chi connectivity index (χ0v) is 12.0. The van der Waals surface area contributed by atoms with Crippen molar-refractivity contribution in [2.45, 2.75) is 6.42 Å². The maximum Gasteiger partial charge on any atom is 0.226 e. The van der Waals surface area contributed by atoms with Gasteiger partial charge >= 0.3 is 0 Å². The molecule has 1 amide bonds. The smallest absolute Gasteiger partial charge is 0.226 e. The monoisotopic (exact) mass is 305 g/mol. The maximum absolute atomic E-state index is 12.1. The van der Waals surface area contributed by atoms with Crippen LogP contribution in [0.25, 0.3) is 10.8 Å². The molecular formula is C15H16BrNO. The number of alkyl halides is 1. The summed E-state index contributed by atoms with van der Waals surface area (Å²) in [5.41, 5.74) is 1.10. The molecule has 2 aromatic rings. The minimum absolute atomic E-state index is 0.158. The van der Waals surface area contributed by atoms with Gasteiger partial charge in [0, 0.05) is 18.9 Å². The van der Waals surface area contributed by atoms with E-state index in [9.17, 15) is 4.79 Å². The molecule has 2 rings (SSSR count). The quantitative estimate of drug-likeness (QED) is 0.794. The average molecular weight is 306 g/mol. The Bertz CT molecular complexity index is 548. The minimum atomic E-state index is 0.158. The zero-order valence-electron chi connectivity index (χ0n) is 10.4. The standard InChI is InChI=1S/C15H16BrNO/c1-17(10-9-16)15(18)11-13-7-4-6-12-5-2-3-8-14(12)13/h2-8H,9-11H2,1H3. The van der Waals surface area contributed by atoms with Crippen molar-refractivity contribution in [3.05, 3.63) is 48.0 Å². The van der Waals surface area contributed by atoms with Crippen molar-refractivity contribution < 1.29 is 4.79 Å². The molecule has 0 saturated heterocycles. The lowest BCUT2D eigenvalue weighted by atomic mass is 10.0. The first-order chi connectivity index (χ1) is 8.72. The van der Waals surface area contributed by atoms with E-state index in [1.807, 2.05) is 31.3 Å². The van der Waals surface area contributed by atoms with Crippen molar-refractivity contribution in [2.24, 2.45) is 0 Å². The van der Waals surface area contributed by atoms with Crippen molar-refractivity contribution >= 4 is 32.6 Å². The van der Waals surface area contributed by atoms with Crippen LogP contribution in [0.2, 0.25) is 0 Å². The maximum atomic E-state index is 12.1. The van der Waals surface area contributed by atoms with E-state index in [0.717, 1.165) is 17.4 Å². The van der Waals surface area contributed by atoms with Gasteiger partial charge in [-0.1, -0.05) is 58.4 Å². The normalized spacial score (nSPS) is 10.6. The Morgan fingerprint density at radius 1 is 1.17 bits per heavy atom. The molecular weight excluding hydrogens is 290 g/mol. The lowest BCUT2D eigenvalue weighted by Crippen LogP contribution is -2.29. The van der Waals surface area contributed by atoms with Gasteiger partial charge in [0.15, 0.2) is 0 Å². The molecule has 0 atom stereocenters. The van der Waals surface area contributed by atoms with Gasteiger partial charge in [-0.25, -0.2) is 0 Å². The van der Waals surface area contributed by atoms with Crippen LogP contribution in [0.5, 0.6) is 0 Å². The Kier molecular flexibility index (Phi) is 4.37. The molecule has 94 valence electrons. The van der Waals surface area contributed by atoms with Crippen molar-refractivity contribution in [3.63, 3.8) is 0 Å². The molecule has 2 aromatic carbocycles. The summed E-state index contributed by atoms with van der Waals surface area (Å²) in [5.74, 6) is 0.158. The van der Waals surface area contributed by atoms with Crippen LogP contribution in [0.3, 0.4) is 0 Å². The summed E-state index contributed by atoms with van der Waals surface area (Å²) >= 11 is 3.35. The number of halogens is 1. The fourth-order valence-electron chi connectivity index (χ4n) is 2.00. The second kappa shape index (κ2) is 6.01. The number of benzene rings is 2. The van der Waals surface area contributed by atoms with Crippen LogP contribution in [-0.4, -0.2) is 29.7 Å². The van der Waals surface area contributed by atoms with Gasteiger partial charge in [-0.05, 0) is 16.3 Å². The summed E-state index contributed by atoms with van der Waals surface area (Å²) < 4.78 is 0. The highest BCUT2D eigenvalue weighted by Gasteiger charge is 2.10. The summed E-state index contributed by atoms with van der Waals surface area (Å²) in [5, 5.41) is 3.16. The van der Waals surface area contributed by atoms with Crippen LogP contribution in [0.1, 0.15) is 5.56 Å². The highest BCUT2D eigenvalue weighted by molar-refractivity contribution is 9.09. The van der Waals surface area contributed by atoms with Crippen LogP contribution in [0, 0.1) is 0 Å². The fourth-order valence-corrected chi connectivity index (χ4v) is 2.53. The predicted octanol–water partition coefficient (Wildman–Crippen LogP) is 3.24. The summed E-state index contributed by atoms with van der Waals surface area (Å²) in [6.07, 6.45) is 0.463. The van der Waals surface area contributed by atoms with Crippen LogP contribution >= 0.6 is 15.9 Å². The van der Waals surface area contributed by atoms with Crippen LogP contribution < -0.4 is 0 Å². The molecule has 0 N–H and O–H groups in total. The third-order valence-corrected chi connectivity index (χ3v) is 3.42. The molecule has 0 spiro atoms. The fraction of sp³-hybridized carbons (Fsp3) is 0.267. The van der Waals surface area contributed by atoms with Crippen molar-refractivity contribution in [3.8, 4) is 0 Å². The summed E-state index contributed by atoms with van der Waals surface area (Å²) in [7, 11) is 1.84. The molecule has 2 nitrogen and oxygen atoms in total. The van der Waals surface area contributed by atoms with Gasteiger partial charge in [0.05, 0.1) is 6.42 Å². The first kappa shape index (κ1) is 13.1. The Labute approximate surface area is 116 Å². The lowest BCUT2D eigenvalue weighted by molar-refractivity contribution is -0.128. The number of carbonyl (C=O) groups excluding carboxylic acids is 1. The SMILES string of the molecule is CN(CCBr)C(=O)Cc1cccc2ccccc12. The van der Waals surface area contributed by atoms with Gasteiger partial charge in [-0.2, -0.15) is 0 Å². The molecule has 0 heterocycles. The highest BCUT2D eigenvalue weighted by Crippen LogP contribution is 2.19. The molecule has 3 heteroatoms. The van der Waals surface area contributed by atoms with E-state index in [1.165, 1.54) is 10.8 Å². The van der Waals surface area contributed by atoms with Crippen molar-refractivity contribution in [1.82, 2.24) is 4.90 Å². The Morgan fingerprint density at radius 3 is 2.67 bits per heavy atom. The molecule has 0 aliphatic carbocycles. The Balaban J connectivity index is 2.24. The number of hydrogen-bond acceptors (Lipinski definition) is 1. The van der Waals surface area contributed by atoms with Crippen LogP contribution in [0.4, 0.5) is 0 Å². The Morgan fingerprint density at radius 2 is 1.89 bits per heavy atom. The van der Waals surface area contributed by atoms with Crippen molar-refractivity contribution in [1.29, 1.82) is 0 Å². The van der Waals surface area contributed by atoms with Crippen LogP contribution in [-0.2, 0) is 11.2 Å². The van der Waals surface area contributed by atoms with Gasteiger partial charge in [-0.15, -0.1) is 0 Å². The number of carbonyl (C=O) groups is 1. The second-order valence-corrected chi connectivity index (χ2v) is 5.11. The van der Waals surface area contributed by atoms with Crippen molar-refractivity contribution in [2.75, 3.05) is 18.9 Å². The van der Waals surface area contributed by atoms with E-state index in [-0.39, 0.29) is 5.91 Å². The van der Waals surface area contributed by atoms with E-state index >= 15 is 0 Å². The number of rotatable bonds is 4. The lowest BCUT2D eigenvalue weighted by Gasteiger charge is -2.16. The van der Waals surface area contributed by atoms with Gasteiger partial charge in [-0.3, -0.25) is 4.79 Å². The van der Waals surface area contributed by atoms with Gasteiger partial charge in [0.1, 0.15) is 0 Å². The first-order valence-corrected chi connectivity index (χ1v) is 7.11. The summed E-state index contributed by atoms with van der Waals surface area (Å²) in [6, 6.07) is 14.3. The van der Waals surface area contributed by atoms with Gasteiger partial charge in [0.25, 0.3) is 0 Å². The van der Waals surface area contributed by atoms with E-state index in [1.54, 1.807) is 4.90 Å². The van der Waals surface area contributed by atoms with Crippen LogP contribution in [0.15, 0.2) is 42.5 Å². The molecule has 0 aliphatic rings. The number of nitrogens with zero attached hydrogens (tertiary/aromatic N) is 1. The van der Waals surface area contributed by atoms with Gasteiger partial charge < -0.3 is 4.90 Å². The zero-order chi connectivity index (χ0) is 13.0. The number of likely N-dealkylation sites (N-methyl/N-ethyl adjacent to an activating group) is 1. The summed E-state index contributed by atoms with van der Waals surface area (Å²) in [4.78, 5) is 13.8. The second-order valence-electron chi connectivity index (χ2n) is 4.32. The minimum Gasteiger partial charge on any atom is -0.345 e. The molecule has 0 aromatic heterocycles. The van der Waals surface area contributed by atoms with E-state index in [4.69, 9.17) is 0 Å². The largest absolute Gasteiger partial charge is 0.345 e. The molecule has 0 radical (unpaired) electrons. The molecule has 18 heavy (non-hydrogen) atoms. The predicted molar refractivity (Wildman–Crippen MR) is 79.1 cm³/mol. The number of amides is 1. The molecule has 0 fully saturated rings. The topological polar surface area (TPSA) is 20.3 Å². The number of fused-ring (bicyclic) bond motifs is 1. The third kappa shape index (κ3) is 2.91. The first-order valence-electron chi connectivity index (χ1n) is 5.99. The van der Waals surface area contributed by atoms with E-state index in [2.05, 4.69) is 34.1 Å². The van der Waals surface area contributed by atoms with E-state index < -0.39 is 0 Å². The summed E-state index contributed by atoms with van der Waals surface area (Å²) in [6.45, 7) is 0.740. The molecule has 0 bridgehead atoms. The highest BCUT2D eigenvalue weighted by atomic mass is 79.9. The van der Waals surface area contributed by atoms with E-state index in [0.29, 0.717) is 6.42 Å². The number of hydrogen-bond donors (Lipinski definition) is 0. The third-order valence-electron chi connectivity index (χ3n) is 3.07.